The molecule has 7 rings (SSSR count). The number of ether oxygens (including phenoxy) is 1. The first-order valence-electron chi connectivity index (χ1n) is 13.3. The minimum absolute atomic E-state index is 0.163. The first-order chi connectivity index (χ1) is 18.5. The third-order valence-corrected chi connectivity index (χ3v) is 9.07. The monoisotopic (exact) mass is 507 g/mol. The van der Waals surface area contributed by atoms with Gasteiger partial charge in [0.25, 0.3) is 5.91 Å². The number of para-hydroxylation sites is 3. The number of rotatable bonds is 4. The van der Waals surface area contributed by atoms with E-state index in [1.165, 1.54) is 0 Å². The van der Waals surface area contributed by atoms with Gasteiger partial charge in [-0.25, -0.2) is 0 Å². The highest BCUT2D eigenvalue weighted by atomic mass is 16.5. The number of aryl methyl sites for hydroxylation is 1. The van der Waals surface area contributed by atoms with E-state index in [9.17, 15) is 14.4 Å². The molecule has 0 saturated carbocycles. The molecule has 192 valence electrons. The molecule has 0 radical (unpaired) electrons. The maximum Gasteiger partial charge on any atom is 0.251 e. The third kappa shape index (κ3) is 2.55. The number of carbonyl (C=O) groups is 3. The Balaban J connectivity index is 1.58. The number of amides is 2. The average Bonchev–Trinajstić information content (AvgIpc) is 3.64. The highest BCUT2D eigenvalue weighted by Crippen LogP contribution is 2.68. The largest absolute Gasteiger partial charge is 0.493 e. The van der Waals surface area contributed by atoms with Gasteiger partial charge in [0.15, 0.2) is 5.78 Å². The van der Waals surface area contributed by atoms with Crippen LogP contribution in [0.4, 0.5) is 11.4 Å². The maximum atomic E-state index is 14.8. The molecule has 7 heteroatoms. The number of hydrogen-bond acceptors (Lipinski definition) is 5. The molecule has 4 aliphatic rings. The molecule has 2 N–H and O–H groups in total. The predicted octanol–water partition coefficient (Wildman–Crippen LogP) is 4.41. The summed E-state index contributed by atoms with van der Waals surface area (Å²) >= 11 is 0. The number of fused-ring (bicyclic) bond motifs is 7. The molecule has 0 bridgehead atoms. The number of hydrogen-bond donors (Lipinski definition) is 2. The van der Waals surface area contributed by atoms with Crippen molar-refractivity contribution in [1.82, 2.24) is 4.90 Å². The molecule has 7 nitrogen and oxygen atoms in total. The lowest BCUT2D eigenvalue weighted by Gasteiger charge is -2.43. The molecular formula is C31H29N3O4. The lowest BCUT2D eigenvalue weighted by molar-refractivity contribution is -0.137. The molecule has 0 aromatic heterocycles. The Morgan fingerprint density at radius 2 is 1.74 bits per heavy atom. The molecule has 3 aromatic carbocycles. The average molecular weight is 508 g/mol. The van der Waals surface area contributed by atoms with Crippen molar-refractivity contribution in [2.45, 2.75) is 43.7 Å². The van der Waals surface area contributed by atoms with Gasteiger partial charge in [0.2, 0.25) is 5.91 Å². The Morgan fingerprint density at radius 3 is 2.58 bits per heavy atom. The Kier molecular flexibility index (Phi) is 4.89. The Morgan fingerprint density at radius 1 is 0.974 bits per heavy atom. The second-order valence-electron chi connectivity index (χ2n) is 10.6. The van der Waals surface area contributed by atoms with Crippen molar-refractivity contribution in [3.05, 3.63) is 89.0 Å². The van der Waals surface area contributed by atoms with E-state index in [-0.39, 0.29) is 23.6 Å². The lowest BCUT2D eigenvalue weighted by atomic mass is 9.57. The summed E-state index contributed by atoms with van der Waals surface area (Å²) in [6, 6.07) is 20.3. The fraction of sp³-hybridized carbons (Fsp3) is 0.323. The zero-order valence-corrected chi connectivity index (χ0v) is 21.4. The van der Waals surface area contributed by atoms with E-state index in [4.69, 9.17) is 4.74 Å². The highest BCUT2D eigenvalue weighted by Gasteiger charge is 2.81. The predicted molar refractivity (Wildman–Crippen MR) is 143 cm³/mol. The molecule has 38 heavy (non-hydrogen) atoms. The van der Waals surface area contributed by atoms with Gasteiger partial charge in [-0.05, 0) is 62.6 Å². The maximum absolute atomic E-state index is 14.8. The minimum atomic E-state index is -1.45. The first-order valence-corrected chi connectivity index (χ1v) is 13.3. The Hall–Kier alpha value is -3.97. The van der Waals surface area contributed by atoms with Crippen LogP contribution in [0.1, 0.15) is 46.8 Å². The van der Waals surface area contributed by atoms with Crippen molar-refractivity contribution >= 4 is 29.0 Å². The molecule has 4 atom stereocenters. The van der Waals surface area contributed by atoms with Crippen molar-refractivity contribution in [2.24, 2.45) is 5.92 Å². The van der Waals surface area contributed by atoms with E-state index in [0.29, 0.717) is 35.7 Å². The number of nitrogens with one attached hydrogen (secondary N) is 2. The molecule has 2 spiro atoms. The van der Waals surface area contributed by atoms with E-state index in [0.717, 1.165) is 29.7 Å². The molecule has 3 aromatic rings. The van der Waals surface area contributed by atoms with Gasteiger partial charge in [0, 0.05) is 23.0 Å². The van der Waals surface area contributed by atoms with Crippen molar-refractivity contribution in [2.75, 3.05) is 23.8 Å². The van der Waals surface area contributed by atoms with Gasteiger partial charge in [-0.1, -0.05) is 48.5 Å². The normalized spacial score (nSPS) is 28.8. The van der Waals surface area contributed by atoms with Gasteiger partial charge < -0.3 is 15.4 Å². The van der Waals surface area contributed by atoms with Crippen molar-refractivity contribution in [3.63, 3.8) is 0 Å². The van der Waals surface area contributed by atoms with Gasteiger partial charge in [0.1, 0.15) is 16.7 Å². The van der Waals surface area contributed by atoms with E-state index >= 15 is 0 Å². The van der Waals surface area contributed by atoms with Gasteiger partial charge in [0.05, 0.1) is 18.1 Å². The van der Waals surface area contributed by atoms with Crippen LogP contribution >= 0.6 is 0 Å². The van der Waals surface area contributed by atoms with E-state index in [1.807, 2.05) is 68.4 Å². The second kappa shape index (κ2) is 8.01. The number of benzene rings is 3. The number of ketones is 1. The first kappa shape index (κ1) is 23.2. The van der Waals surface area contributed by atoms with Crippen LogP contribution < -0.4 is 15.4 Å². The minimum Gasteiger partial charge on any atom is -0.493 e. The number of carbonyl (C=O) groups excluding carboxylic acids is 3. The van der Waals surface area contributed by atoms with Crippen LogP contribution in [-0.2, 0) is 20.5 Å². The quantitative estimate of drug-likeness (QED) is 0.511. The molecule has 2 fully saturated rings. The molecule has 4 heterocycles. The Bertz CT molecular complexity index is 1530. The molecule has 0 aliphatic carbocycles. The van der Waals surface area contributed by atoms with Crippen LogP contribution in [0.25, 0.3) is 0 Å². The van der Waals surface area contributed by atoms with E-state index in [1.54, 1.807) is 12.1 Å². The summed E-state index contributed by atoms with van der Waals surface area (Å²) in [7, 11) is 0. The second-order valence-corrected chi connectivity index (χ2v) is 10.6. The van der Waals surface area contributed by atoms with Crippen LogP contribution in [0.2, 0.25) is 0 Å². The van der Waals surface area contributed by atoms with Crippen molar-refractivity contribution in [3.8, 4) is 5.75 Å². The molecular weight excluding hydrogens is 478 g/mol. The topological polar surface area (TPSA) is 87.7 Å². The molecule has 2 amide bonds. The van der Waals surface area contributed by atoms with Crippen LogP contribution in [-0.4, -0.2) is 41.7 Å². The summed E-state index contributed by atoms with van der Waals surface area (Å²) in [5, 5.41) is 6.23. The van der Waals surface area contributed by atoms with Crippen LogP contribution in [0, 0.1) is 12.8 Å². The molecule has 2 saturated heterocycles. The highest BCUT2D eigenvalue weighted by molar-refractivity contribution is 6.21. The van der Waals surface area contributed by atoms with Crippen LogP contribution in [0.3, 0.4) is 0 Å². The van der Waals surface area contributed by atoms with Crippen molar-refractivity contribution in [1.29, 1.82) is 0 Å². The number of nitrogens with zero attached hydrogens (tertiary/aromatic N) is 1. The summed E-state index contributed by atoms with van der Waals surface area (Å²) in [5.41, 5.74) is 1.45. The summed E-state index contributed by atoms with van der Waals surface area (Å²) in [4.78, 5) is 46.0. The van der Waals surface area contributed by atoms with Gasteiger partial charge in [-0.2, -0.15) is 0 Å². The number of Topliss-reactive ketones (excluding diaryl/α,β-unsaturated/α-hetero) is 1. The summed E-state index contributed by atoms with van der Waals surface area (Å²) in [6.07, 6.45) is 1.57. The van der Waals surface area contributed by atoms with E-state index < -0.39 is 16.9 Å². The van der Waals surface area contributed by atoms with Crippen LogP contribution in [0.15, 0.2) is 66.7 Å². The smallest absolute Gasteiger partial charge is 0.251 e. The lowest BCUT2D eigenvalue weighted by Crippen LogP contribution is -2.62. The zero-order chi connectivity index (χ0) is 26.2. The SMILES string of the molecule is CCOc1ccccc1C(=O)[C@H]1[C@H]2CCCN2[C@@]2(C(=O)Nc3c(C)cccc32)[C@]12C(=O)Nc1ccccc12. The third-order valence-electron chi connectivity index (χ3n) is 9.07. The standard InChI is InChI=1S/C31H29N3O4/c1-3-38-24-16-7-4-11-19(24)27(35)25-23-15-9-17-34(23)31(21-13-8-10-18(2)26(21)33-29(31)37)30(25)20-12-5-6-14-22(20)32-28(30)36/h4-8,10-14,16,23,25H,3,9,15,17H2,1-2H3,(H,32,36)(H,33,37)/t23-,25-,30+,31+/m1/s1. The van der Waals surface area contributed by atoms with Gasteiger partial charge >= 0.3 is 0 Å². The number of anilines is 2. The van der Waals surface area contributed by atoms with Gasteiger partial charge in [-0.15, -0.1) is 0 Å². The fourth-order valence-corrected chi connectivity index (χ4v) is 7.87. The molecule has 0 unspecified atom stereocenters. The van der Waals surface area contributed by atoms with E-state index in [2.05, 4.69) is 15.5 Å². The zero-order valence-electron chi connectivity index (χ0n) is 21.4. The van der Waals surface area contributed by atoms with Crippen LogP contribution in [0.5, 0.6) is 5.75 Å². The summed E-state index contributed by atoms with van der Waals surface area (Å²) in [6.45, 7) is 4.89. The van der Waals surface area contributed by atoms with Crippen molar-refractivity contribution < 1.29 is 19.1 Å². The Labute approximate surface area is 221 Å². The summed E-state index contributed by atoms with van der Waals surface area (Å²) in [5.74, 6) is -0.991. The fourth-order valence-electron chi connectivity index (χ4n) is 7.87. The summed E-state index contributed by atoms with van der Waals surface area (Å²) < 4.78 is 5.87. The molecule has 4 aliphatic heterocycles. The van der Waals surface area contributed by atoms with Gasteiger partial charge in [-0.3, -0.25) is 19.3 Å².